The summed E-state index contributed by atoms with van der Waals surface area (Å²) in [5.74, 6) is -0.309. The van der Waals surface area contributed by atoms with Crippen LogP contribution < -0.4 is 5.32 Å². The molecule has 0 aromatic carbocycles. The summed E-state index contributed by atoms with van der Waals surface area (Å²) < 4.78 is 4.70. The average Bonchev–Trinajstić information content (AvgIpc) is 3.06. The summed E-state index contributed by atoms with van der Waals surface area (Å²) in [4.78, 5) is 18.8. The lowest BCUT2D eigenvalue weighted by Gasteiger charge is -2.32. The Labute approximate surface area is 117 Å². The molecule has 2 saturated heterocycles. The standard InChI is InChI=1S/C13H19N3O2S/c1-18-12(17)11-8-14-13(19-11)15-9-5-7-16-6-3-2-4-10(9)16/h8-10H,2-7H2,1H3,(H,14,15). The van der Waals surface area contributed by atoms with Crippen LogP contribution in [-0.4, -0.2) is 48.1 Å². The minimum atomic E-state index is -0.309. The van der Waals surface area contributed by atoms with Gasteiger partial charge in [-0.25, -0.2) is 9.78 Å². The lowest BCUT2D eigenvalue weighted by Crippen LogP contribution is -2.41. The number of methoxy groups -OCH3 is 1. The summed E-state index contributed by atoms with van der Waals surface area (Å²) in [5, 5.41) is 4.33. The van der Waals surface area contributed by atoms with Crippen molar-refractivity contribution in [3.05, 3.63) is 11.1 Å². The number of hydrogen-bond donors (Lipinski definition) is 1. The van der Waals surface area contributed by atoms with Crippen LogP contribution in [0.5, 0.6) is 0 Å². The van der Waals surface area contributed by atoms with Crippen LogP contribution in [0, 0.1) is 0 Å². The molecule has 19 heavy (non-hydrogen) atoms. The maximum absolute atomic E-state index is 11.4. The molecule has 6 heteroatoms. The molecule has 0 spiro atoms. The van der Waals surface area contributed by atoms with E-state index in [4.69, 9.17) is 4.74 Å². The number of esters is 1. The highest BCUT2D eigenvalue weighted by molar-refractivity contribution is 7.17. The number of carbonyl (C=O) groups excluding carboxylic acids is 1. The average molecular weight is 281 g/mol. The Morgan fingerprint density at radius 2 is 2.37 bits per heavy atom. The molecule has 0 radical (unpaired) electrons. The highest BCUT2D eigenvalue weighted by Gasteiger charge is 2.35. The molecule has 2 aliphatic rings. The van der Waals surface area contributed by atoms with Crippen LogP contribution in [0.25, 0.3) is 0 Å². The van der Waals surface area contributed by atoms with E-state index in [1.807, 2.05) is 0 Å². The van der Waals surface area contributed by atoms with Crippen LogP contribution in [0.4, 0.5) is 5.13 Å². The molecule has 104 valence electrons. The summed E-state index contributed by atoms with van der Waals surface area (Å²) in [6, 6.07) is 1.11. The highest BCUT2D eigenvalue weighted by atomic mass is 32.1. The van der Waals surface area contributed by atoms with Crippen molar-refractivity contribution in [1.29, 1.82) is 0 Å². The normalized spacial score (nSPS) is 27.0. The van der Waals surface area contributed by atoms with E-state index in [9.17, 15) is 4.79 Å². The second-order valence-electron chi connectivity index (χ2n) is 5.16. The first-order valence-corrected chi connectivity index (χ1v) is 7.64. The molecule has 0 aliphatic carbocycles. The van der Waals surface area contributed by atoms with E-state index in [0.717, 1.165) is 11.6 Å². The van der Waals surface area contributed by atoms with Gasteiger partial charge < -0.3 is 10.1 Å². The fourth-order valence-corrected chi connectivity index (χ4v) is 3.91. The Morgan fingerprint density at radius 3 is 3.21 bits per heavy atom. The van der Waals surface area contributed by atoms with Gasteiger partial charge in [-0.15, -0.1) is 0 Å². The van der Waals surface area contributed by atoms with E-state index in [1.165, 1.54) is 50.8 Å². The number of carbonyl (C=O) groups is 1. The third kappa shape index (κ3) is 2.60. The van der Waals surface area contributed by atoms with Crippen molar-refractivity contribution in [2.24, 2.45) is 0 Å². The van der Waals surface area contributed by atoms with Crippen molar-refractivity contribution in [1.82, 2.24) is 9.88 Å². The minimum Gasteiger partial charge on any atom is -0.465 e. The Hall–Kier alpha value is -1.14. The number of rotatable bonds is 3. The van der Waals surface area contributed by atoms with Crippen LogP contribution in [0.2, 0.25) is 0 Å². The number of anilines is 1. The van der Waals surface area contributed by atoms with Gasteiger partial charge >= 0.3 is 5.97 Å². The van der Waals surface area contributed by atoms with Gasteiger partial charge in [-0.1, -0.05) is 17.8 Å². The van der Waals surface area contributed by atoms with Crippen LogP contribution >= 0.6 is 11.3 Å². The molecule has 3 heterocycles. The third-order valence-corrected chi connectivity index (χ3v) is 4.97. The van der Waals surface area contributed by atoms with Crippen molar-refractivity contribution in [2.75, 3.05) is 25.5 Å². The molecule has 2 atom stereocenters. The van der Waals surface area contributed by atoms with Gasteiger partial charge in [0, 0.05) is 18.6 Å². The smallest absolute Gasteiger partial charge is 0.349 e. The predicted octanol–water partition coefficient (Wildman–Crippen LogP) is 1.97. The lowest BCUT2D eigenvalue weighted by atomic mass is 9.99. The number of aromatic nitrogens is 1. The number of hydrogen-bond acceptors (Lipinski definition) is 6. The zero-order valence-corrected chi connectivity index (χ0v) is 11.9. The van der Waals surface area contributed by atoms with Gasteiger partial charge in [-0.2, -0.15) is 0 Å². The molecule has 0 saturated carbocycles. The molecule has 2 aliphatic heterocycles. The highest BCUT2D eigenvalue weighted by Crippen LogP contribution is 2.30. The topological polar surface area (TPSA) is 54.5 Å². The molecular formula is C13H19N3O2S. The maximum Gasteiger partial charge on any atom is 0.349 e. The minimum absolute atomic E-state index is 0.309. The van der Waals surface area contributed by atoms with Crippen LogP contribution in [0.3, 0.4) is 0 Å². The maximum atomic E-state index is 11.4. The van der Waals surface area contributed by atoms with E-state index in [2.05, 4.69) is 15.2 Å². The van der Waals surface area contributed by atoms with Gasteiger partial charge in [-0.05, 0) is 25.8 Å². The van der Waals surface area contributed by atoms with E-state index < -0.39 is 0 Å². The van der Waals surface area contributed by atoms with Gasteiger partial charge in [0.25, 0.3) is 0 Å². The summed E-state index contributed by atoms with van der Waals surface area (Å²) in [6.45, 7) is 2.41. The van der Waals surface area contributed by atoms with Crippen LogP contribution in [-0.2, 0) is 4.74 Å². The van der Waals surface area contributed by atoms with Crippen molar-refractivity contribution in [3.63, 3.8) is 0 Å². The molecule has 0 bridgehead atoms. The summed E-state index contributed by atoms with van der Waals surface area (Å²) >= 11 is 1.38. The van der Waals surface area contributed by atoms with E-state index in [0.29, 0.717) is 17.0 Å². The molecule has 3 rings (SSSR count). The Bertz CT molecular complexity index is 462. The Morgan fingerprint density at radius 1 is 1.47 bits per heavy atom. The molecule has 2 fully saturated rings. The summed E-state index contributed by atoms with van der Waals surface area (Å²) in [6.07, 6.45) is 6.68. The van der Waals surface area contributed by atoms with Crippen LogP contribution in [0.15, 0.2) is 6.20 Å². The van der Waals surface area contributed by atoms with Crippen molar-refractivity contribution in [3.8, 4) is 0 Å². The molecule has 1 N–H and O–H groups in total. The van der Waals surface area contributed by atoms with Gasteiger partial charge in [0.05, 0.1) is 13.3 Å². The van der Waals surface area contributed by atoms with Gasteiger partial charge in [0.2, 0.25) is 0 Å². The molecule has 5 nitrogen and oxygen atoms in total. The van der Waals surface area contributed by atoms with E-state index in [-0.39, 0.29) is 5.97 Å². The second-order valence-corrected chi connectivity index (χ2v) is 6.19. The largest absolute Gasteiger partial charge is 0.465 e. The summed E-state index contributed by atoms with van der Waals surface area (Å²) in [7, 11) is 1.39. The van der Waals surface area contributed by atoms with Gasteiger partial charge in [0.1, 0.15) is 4.88 Å². The molecule has 1 aromatic rings. The number of piperidine rings is 1. The van der Waals surface area contributed by atoms with Gasteiger partial charge in [0.15, 0.2) is 5.13 Å². The SMILES string of the molecule is COC(=O)c1cnc(NC2CCN3CCCCC23)s1. The quantitative estimate of drug-likeness (QED) is 0.858. The van der Waals surface area contributed by atoms with E-state index >= 15 is 0 Å². The fraction of sp³-hybridized carbons (Fsp3) is 0.692. The fourth-order valence-electron chi connectivity index (χ4n) is 3.11. The third-order valence-electron chi connectivity index (χ3n) is 4.06. The first kappa shape index (κ1) is 12.9. The molecule has 1 aromatic heterocycles. The number of nitrogens with zero attached hydrogens (tertiary/aromatic N) is 2. The van der Waals surface area contributed by atoms with Crippen molar-refractivity contribution < 1.29 is 9.53 Å². The van der Waals surface area contributed by atoms with Crippen molar-refractivity contribution >= 4 is 22.4 Å². The monoisotopic (exact) mass is 281 g/mol. The number of thiazole rings is 1. The second kappa shape index (κ2) is 5.46. The van der Waals surface area contributed by atoms with Crippen molar-refractivity contribution in [2.45, 2.75) is 37.8 Å². The molecule has 2 unspecified atom stereocenters. The number of ether oxygens (including phenoxy) is 1. The predicted molar refractivity (Wildman–Crippen MR) is 74.7 cm³/mol. The van der Waals surface area contributed by atoms with Gasteiger partial charge in [-0.3, -0.25) is 4.90 Å². The first-order chi connectivity index (χ1) is 9.28. The number of fused-ring (bicyclic) bond motifs is 1. The lowest BCUT2D eigenvalue weighted by molar-refractivity contribution is 0.0606. The zero-order valence-electron chi connectivity index (χ0n) is 11.1. The summed E-state index contributed by atoms with van der Waals surface area (Å²) in [5.41, 5.74) is 0. The van der Waals surface area contributed by atoms with Crippen LogP contribution in [0.1, 0.15) is 35.4 Å². The Kier molecular flexibility index (Phi) is 3.70. The van der Waals surface area contributed by atoms with E-state index in [1.54, 1.807) is 6.20 Å². The first-order valence-electron chi connectivity index (χ1n) is 6.82. The Balaban J connectivity index is 1.65. The molecular weight excluding hydrogens is 262 g/mol. The number of nitrogens with one attached hydrogen (secondary N) is 1. The zero-order chi connectivity index (χ0) is 13.2. The molecule has 0 amide bonds.